The zero-order chi connectivity index (χ0) is 14.1. The summed E-state index contributed by atoms with van der Waals surface area (Å²) in [6.07, 6.45) is 5.29. The Kier molecular flexibility index (Phi) is 6.84. The summed E-state index contributed by atoms with van der Waals surface area (Å²) in [5, 5.41) is 3.14. The molecule has 0 saturated carbocycles. The SMILES string of the molecule is C#CCNCC(C)Oc1cccc(N(CC)CC)c1. The number of anilines is 1. The number of rotatable bonds is 8. The lowest BCUT2D eigenvalue weighted by Gasteiger charge is -2.22. The fraction of sp³-hybridized carbons (Fsp3) is 0.500. The summed E-state index contributed by atoms with van der Waals surface area (Å²) in [5.74, 6) is 3.46. The normalized spacial score (nSPS) is 11.7. The molecule has 19 heavy (non-hydrogen) atoms. The molecule has 0 fully saturated rings. The Balaban J connectivity index is 2.59. The standard InChI is InChI=1S/C16H24N2O/c1-5-11-17-13-14(4)19-16-10-8-9-15(12-16)18(6-2)7-3/h1,8-10,12,14,17H,6-7,11,13H2,2-4H3. The highest BCUT2D eigenvalue weighted by atomic mass is 16.5. The summed E-state index contributed by atoms with van der Waals surface area (Å²) in [7, 11) is 0. The molecule has 1 aromatic carbocycles. The third kappa shape index (κ3) is 5.23. The first-order valence-electron chi connectivity index (χ1n) is 6.87. The van der Waals surface area contributed by atoms with E-state index >= 15 is 0 Å². The van der Waals surface area contributed by atoms with Crippen molar-refractivity contribution >= 4 is 5.69 Å². The topological polar surface area (TPSA) is 24.5 Å². The number of hydrogen-bond acceptors (Lipinski definition) is 3. The predicted molar refractivity (Wildman–Crippen MR) is 81.8 cm³/mol. The number of ether oxygens (including phenoxy) is 1. The van der Waals surface area contributed by atoms with Crippen molar-refractivity contribution in [3.05, 3.63) is 24.3 Å². The van der Waals surface area contributed by atoms with Crippen LogP contribution in [0.4, 0.5) is 5.69 Å². The van der Waals surface area contributed by atoms with Crippen molar-refractivity contribution < 1.29 is 4.74 Å². The minimum Gasteiger partial charge on any atom is -0.489 e. The van der Waals surface area contributed by atoms with Gasteiger partial charge in [0.05, 0.1) is 6.54 Å². The molecule has 0 spiro atoms. The molecule has 0 aliphatic heterocycles. The first-order chi connectivity index (χ1) is 9.21. The first-order valence-corrected chi connectivity index (χ1v) is 6.87. The second kappa shape index (κ2) is 8.44. The molecule has 0 saturated heterocycles. The summed E-state index contributed by atoms with van der Waals surface area (Å²) < 4.78 is 5.88. The Morgan fingerprint density at radius 3 is 2.74 bits per heavy atom. The van der Waals surface area contributed by atoms with E-state index in [4.69, 9.17) is 11.2 Å². The van der Waals surface area contributed by atoms with Crippen LogP contribution in [0.5, 0.6) is 5.75 Å². The van der Waals surface area contributed by atoms with Crippen LogP contribution in [0.25, 0.3) is 0 Å². The molecule has 0 bridgehead atoms. The van der Waals surface area contributed by atoms with Gasteiger partial charge in [-0.1, -0.05) is 12.0 Å². The van der Waals surface area contributed by atoms with Crippen molar-refractivity contribution in [2.45, 2.75) is 26.9 Å². The zero-order valence-corrected chi connectivity index (χ0v) is 12.1. The predicted octanol–water partition coefficient (Wildman–Crippen LogP) is 2.52. The fourth-order valence-electron chi connectivity index (χ4n) is 1.96. The smallest absolute Gasteiger partial charge is 0.121 e. The quantitative estimate of drug-likeness (QED) is 0.574. The second-order valence-corrected chi connectivity index (χ2v) is 4.43. The molecule has 3 nitrogen and oxygen atoms in total. The van der Waals surface area contributed by atoms with E-state index in [9.17, 15) is 0 Å². The molecule has 1 aromatic rings. The molecule has 0 radical (unpaired) electrons. The van der Waals surface area contributed by atoms with Gasteiger partial charge in [0.15, 0.2) is 0 Å². The molecule has 104 valence electrons. The molecular formula is C16H24N2O. The summed E-state index contributed by atoms with van der Waals surface area (Å²) in [6.45, 7) is 9.67. The van der Waals surface area contributed by atoms with Gasteiger partial charge in [-0.25, -0.2) is 0 Å². The van der Waals surface area contributed by atoms with Gasteiger partial charge in [-0.15, -0.1) is 6.42 Å². The van der Waals surface area contributed by atoms with Gasteiger partial charge in [-0.05, 0) is 32.9 Å². The molecule has 0 aliphatic rings. The maximum Gasteiger partial charge on any atom is 0.121 e. The van der Waals surface area contributed by atoms with Crippen molar-refractivity contribution in [3.8, 4) is 18.1 Å². The van der Waals surface area contributed by atoms with Crippen LogP contribution in [0, 0.1) is 12.3 Å². The van der Waals surface area contributed by atoms with E-state index in [1.54, 1.807) is 0 Å². The molecule has 0 aliphatic carbocycles. The van der Waals surface area contributed by atoms with Crippen LogP contribution < -0.4 is 15.0 Å². The molecule has 1 N–H and O–H groups in total. The highest BCUT2D eigenvalue weighted by Crippen LogP contribution is 2.21. The second-order valence-electron chi connectivity index (χ2n) is 4.43. The van der Waals surface area contributed by atoms with Gasteiger partial charge in [0.25, 0.3) is 0 Å². The van der Waals surface area contributed by atoms with Crippen LogP contribution in [-0.2, 0) is 0 Å². The van der Waals surface area contributed by atoms with Gasteiger partial charge < -0.3 is 15.0 Å². The minimum atomic E-state index is 0.0975. The zero-order valence-electron chi connectivity index (χ0n) is 12.1. The molecular weight excluding hydrogens is 236 g/mol. The summed E-state index contributed by atoms with van der Waals surface area (Å²) >= 11 is 0. The van der Waals surface area contributed by atoms with E-state index < -0.39 is 0 Å². The van der Waals surface area contributed by atoms with E-state index in [1.807, 2.05) is 19.1 Å². The highest BCUT2D eigenvalue weighted by molar-refractivity contribution is 5.50. The molecule has 0 aromatic heterocycles. The average Bonchev–Trinajstić information content (AvgIpc) is 2.41. The summed E-state index contributed by atoms with van der Waals surface area (Å²) in [5.41, 5.74) is 1.20. The first kappa shape index (κ1) is 15.4. The van der Waals surface area contributed by atoms with E-state index in [1.165, 1.54) is 5.69 Å². The Labute approximate surface area is 117 Å². The van der Waals surface area contributed by atoms with Crippen LogP contribution in [0.3, 0.4) is 0 Å². The van der Waals surface area contributed by atoms with Crippen molar-refractivity contribution in [3.63, 3.8) is 0 Å². The average molecular weight is 260 g/mol. The third-order valence-electron chi connectivity index (χ3n) is 2.94. The lowest BCUT2D eigenvalue weighted by atomic mass is 10.2. The number of benzene rings is 1. The number of nitrogens with one attached hydrogen (secondary N) is 1. The minimum absolute atomic E-state index is 0.0975. The van der Waals surface area contributed by atoms with Crippen molar-refractivity contribution in [2.24, 2.45) is 0 Å². The van der Waals surface area contributed by atoms with Crippen LogP contribution in [0.15, 0.2) is 24.3 Å². The van der Waals surface area contributed by atoms with Gasteiger partial charge in [-0.3, -0.25) is 0 Å². The molecule has 3 heteroatoms. The van der Waals surface area contributed by atoms with E-state index in [-0.39, 0.29) is 6.10 Å². The van der Waals surface area contributed by atoms with Crippen molar-refractivity contribution in [1.29, 1.82) is 0 Å². The lowest BCUT2D eigenvalue weighted by Crippen LogP contribution is -2.29. The summed E-state index contributed by atoms with van der Waals surface area (Å²) in [4.78, 5) is 2.30. The van der Waals surface area contributed by atoms with Crippen LogP contribution in [0.2, 0.25) is 0 Å². The largest absolute Gasteiger partial charge is 0.489 e. The molecule has 1 rings (SSSR count). The Bertz CT molecular complexity index is 407. The van der Waals surface area contributed by atoms with E-state index in [0.29, 0.717) is 6.54 Å². The molecule has 1 unspecified atom stereocenters. The van der Waals surface area contributed by atoms with Gasteiger partial charge in [0, 0.05) is 31.4 Å². The maximum absolute atomic E-state index is 5.88. The fourth-order valence-corrected chi connectivity index (χ4v) is 1.96. The van der Waals surface area contributed by atoms with Gasteiger partial charge in [0.2, 0.25) is 0 Å². The van der Waals surface area contributed by atoms with Gasteiger partial charge in [0.1, 0.15) is 11.9 Å². The highest BCUT2D eigenvalue weighted by Gasteiger charge is 2.06. The number of terminal acetylenes is 1. The van der Waals surface area contributed by atoms with Crippen LogP contribution in [-0.4, -0.2) is 32.3 Å². The van der Waals surface area contributed by atoms with Crippen molar-refractivity contribution in [1.82, 2.24) is 5.32 Å². The monoisotopic (exact) mass is 260 g/mol. The van der Waals surface area contributed by atoms with Gasteiger partial charge >= 0.3 is 0 Å². The number of hydrogen-bond donors (Lipinski definition) is 1. The Morgan fingerprint density at radius 2 is 2.11 bits per heavy atom. The number of nitrogens with zero attached hydrogens (tertiary/aromatic N) is 1. The van der Waals surface area contributed by atoms with Crippen LogP contribution >= 0.6 is 0 Å². The van der Waals surface area contributed by atoms with Crippen LogP contribution in [0.1, 0.15) is 20.8 Å². The van der Waals surface area contributed by atoms with E-state index in [2.05, 4.69) is 42.1 Å². The summed E-state index contributed by atoms with van der Waals surface area (Å²) in [6, 6.07) is 8.22. The molecule has 1 atom stereocenters. The van der Waals surface area contributed by atoms with Gasteiger partial charge in [-0.2, -0.15) is 0 Å². The van der Waals surface area contributed by atoms with E-state index in [0.717, 1.165) is 25.4 Å². The lowest BCUT2D eigenvalue weighted by molar-refractivity contribution is 0.219. The Morgan fingerprint density at radius 1 is 1.37 bits per heavy atom. The van der Waals surface area contributed by atoms with Crippen molar-refractivity contribution in [2.75, 3.05) is 31.1 Å². The maximum atomic E-state index is 5.88. The third-order valence-corrected chi connectivity index (χ3v) is 2.94. The molecule has 0 heterocycles. The molecule has 0 amide bonds. The Hall–Kier alpha value is -1.66.